The highest BCUT2D eigenvalue weighted by atomic mass is 32.1. The minimum Gasteiger partial charge on any atom is -0.467 e. The van der Waals surface area contributed by atoms with Gasteiger partial charge in [-0.05, 0) is 46.2 Å². The second-order valence-electron chi connectivity index (χ2n) is 6.96. The van der Waals surface area contributed by atoms with Gasteiger partial charge in [-0.15, -0.1) is 11.3 Å². The third-order valence-corrected chi connectivity index (χ3v) is 5.88. The topological polar surface area (TPSA) is 94.3 Å². The van der Waals surface area contributed by atoms with Gasteiger partial charge in [0, 0.05) is 15.3 Å². The molecule has 0 spiro atoms. The number of rotatable bonds is 5. The van der Waals surface area contributed by atoms with Crippen molar-refractivity contribution < 1.29 is 18.8 Å². The summed E-state index contributed by atoms with van der Waals surface area (Å²) in [4.78, 5) is 32.1. The Kier molecular flexibility index (Phi) is 5.25. The summed E-state index contributed by atoms with van der Waals surface area (Å²) in [6, 6.07) is 3.76. The van der Waals surface area contributed by atoms with E-state index in [2.05, 4.69) is 15.5 Å². The van der Waals surface area contributed by atoms with Crippen molar-refractivity contribution in [3.05, 3.63) is 33.1 Å². The van der Waals surface area contributed by atoms with Crippen LogP contribution >= 0.6 is 11.3 Å². The fourth-order valence-electron chi connectivity index (χ4n) is 3.12. The summed E-state index contributed by atoms with van der Waals surface area (Å²) in [6.45, 7) is 9.24. The molecule has 1 N–H and O–H groups in total. The summed E-state index contributed by atoms with van der Waals surface area (Å²) in [6.07, 6.45) is 0.387. The van der Waals surface area contributed by atoms with E-state index in [1.807, 2.05) is 26.8 Å². The Hall–Kier alpha value is -2.74. The van der Waals surface area contributed by atoms with E-state index in [4.69, 9.17) is 9.26 Å². The molecule has 0 aliphatic carbocycles. The highest BCUT2D eigenvalue weighted by molar-refractivity contribution is 7.12. The summed E-state index contributed by atoms with van der Waals surface area (Å²) in [5, 5.41) is 7.31. The average molecular weight is 401 g/mol. The average Bonchev–Trinajstić information content (AvgIpc) is 3.21. The van der Waals surface area contributed by atoms with Gasteiger partial charge in [0.2, 0.25) is 0 Å². The molecule has 28 heavy (non-hydrogen) atoms. The van der Waals surface area contributed by atoms with Crippen LogP contribution in [0.1, 0.15) is 46.1 Å². The molecule has 148 valence electrons. The van der Waals surface area contributed by atoms with Gasteiger partial charge >= 0.3 is 5.97 Å². The fraction of sp³-hybridized carbons (Fsp3) is 0.400. The lowest BCUT2D eigenvalue weighted by Crippen LogP contribution is -2.52. The maximum atomic E-state index is 13.2. The van der Waals surface area contributed by atoms with Crippen LogP contribution in [-0.4, -0.2) is 34.7 Å². The van der Waals surface area contributed by atoms with Crippen molar-refractivity contribution in [1.29, 1.82) is 0 Å². The molecule has 1 amide bonds. The van der Waals surface area contributed by atoms with Crippen molar-refractivity contribution >= 4 is 34.3 Å². The first-order valence-electron chi connectivity index (χ1n) is 8.95. The number of aryl methyl sites for hydroxylation is 3. The van der Waals surface area contributed by atoms with Crippen LogP contribution < -0.4 is 5.32 Å². The number of aromatic nitrogens is 2. The maximum Gasteiger partial charge on any atom is 0.331 e. The molecular weight excluding hydrogens is 378 g/mol. The van der Waals surface area contributed by atoms with Crippen LogP contribution in [-0.2, 0) is 9.53 Å². The highest BCUT2D eigenvalue weighted by Crippen LogP contribution is 2.33. The lowest BCUT2D eigenvalue weighted by Gasteiger charge is -2.26. The van der Waals surface area contributed by atoms with E-state index in [0.717, 1.165) is 15.3 Å². The third kappa shape index (κ3) is 3.40. The molecule has 0 saturated carbocycles. The summed E-state index contributed by atoms with van der Waals surface area (Å²) in [5.74, 6) is -0.903. The van der Waals surface area contributed by atoms with Gasteiger partial charge in [-0.2, -0.15) is 0 Å². The second-order valence-corrected chi connectivity index (χ2v) is 8.42. The zero-order valence-electron chi connectivity index (χ0n) is 16.8. The number of esters is 1. The number of nitrogens with one attached hydrogen (secondary N) is 1. The number of hydrogen-bond donors (Lipinski definition) is 1. The van der Waals surface area contributed by atoms with E-state index in [9.17, 15) is 9.59 Å². The van der Waals surface area contributed by atoms with Gasteiger partial charge in [0.25, 0.3) is 11.6 Å². The number of pyridine rings is 1. The molecule has 1 atom stereocenters. The molecule has 0 aromatic carbocycles. The van der Waals surface area contributed by atoms with E-state index in [0.29, 0.717) is 34.5 Å². The molecular formula is C20H23N3O4S. The van der Waals surface area contributed by atoms with Crippen molar-refractivity contribution in [2.75, 3.05) is 7.11 Å². The monoisotopic (exact) mass is 401 g/mol. The minimum absolute atomic E-state index is 0.291. The fourth-order valence-corrected chi connectivity index (χ4v) is 4.06. The van der Waals surface area contributed by atoms with Crippen LogP contribution in [0.2, 0.25) is 0 Å². The van der Waals surface area contributed by atoms with Crippen LogP contribution in [0.3, 0.4) is 0 Å². The molecule has 0 radical (unpaired) electrons. The van der Waals surface area contributed by atoms with E-state index in [-0.39, 0.29) is 0 Å². The predicted molar refractivity (Wildman–Crippen MR) is 108 cm³/mol. The van der Waals surface area contributed by atoms with Crippen molar-refractivity contribution in [1.82, 2.24) is 15.5 Å². The summed E-state index contributed by atoms with van der Waals surface area (Å²) in [7, 11) is 1.30. The zero-order valence-corrected chi connectivity index (χ0v) is 17.6. The quantitative estimate of drug-likeness (QED) is 0.651. The van der Waals surface area contributed by atoms with E-state index in [1.165, 1.54) is 7.11 Å². The van der Waals surface area contributed by atoms with E-state index < -0.39 is 17.4 Å². The molecule has 0 saturated heterocycles. The molecule has 3 aromatic rings. The number of hydrogen-bond acceptors (Lipinski definition) is 7. The Morgan fingerprint density at radius 3 is 2.57 bits per heavy atom. The number of fused-ring (bicyclic) bond motifs is 1. The van der Waals surface area contributed by atoms with E-state index >= 15 is 0 Å². The van der Waals surface area contributed by atoms with Gasteiger partial charge in [0.15, 0.2) is 0 Å². The zero-order chi connectivity index (χ0) is 20.6. The number of thiophene rings is 1. The lowest BCUT2D eigenvalue weighted by atomic mass is 9.97. The Labute approximate surface area is 167 Å². The smallest absolute Gasteiger partial charge is 0.331 e. The second kappa shape index (κ2) is 7.35. The Morgan fingerprint density at radius 2 is 2.00 bits per heavy atom. The van der Waals surface area contributed by atoms with Crippen molar-refractivity contribution in [2.45, 2.75) is 46.6 Å². The Bertz CT molecular complexity index is 1070. The van der Waals surface area contributed by atoms with E-state index in [1.54, 1.807) is 31.3 Å². The predicted octanol–water partition coefficient (Wildman–Crippen LogP) is 3.95. The number of methoxy groups -OCH3 is 1. The van der Waals surface area contributed by atoms with Gasteiger partial charge in [0.1, 0.15) is 5.54 Å². The van der Waals surface area contributed by atoms with Crippen molar-refractivity contribution in [3.63, 3.8) is 0 Å². The lowest BCUT2D eigenvalue weighted by molar-refractivity contribution is -0.147. The van der Waals surface area contributed by atoms with Gasteiger partial charge in [-0.3, -0.25) is 4.79 Å². The van der Waals surface area contributed by atoms with Crippen molar-refractivity contribution in [2.24, 2.45) is 0 Å². The first-order valence-corrected chi connectivity index (χ1v) is 9.77. The number of carbonyl (C=O) groups is 2. The van der Waals surface area contributed by atoms with Crippen LogP contribution in [0.15, 0.2) is 16.7 Å². The number of carbonyl (C=O) groups excluding carboxylic acids is 2. The molecule has 1 unspecified atom stereocenters. The molecule has 3 aromatic heterocycles. The summed E-state index contributed by atoms with van der Waals surface area (Å²) >= 11 is 1.66. The Balaban J connectivity index is 2.13. The van der Waals surface area contributed by atoms with Crippen LogP contribution in [0, 0.1) is 20.8 Å². The largest absolute Gasteiger partial charge is 0.467 e. The summed E-state index contributed by atoms with van der Waals surface area (Å²) in [5.41, 5.74) is 1.66. The summed E-state index contributed by atoms with van der Waals surface area (Å²) < 4.78 is 10.2. The normalized spacial score (nSPS) is 13.4. The molecule has 8 heteroatoms. The van der Waals surface area contributed by atoms with Gasteiger partial charge in [-0.1, -0.05) is 12.1 Å². The van der Waals surface area contributed by atoms with Gasteiger partial charge < -0.3 is 14.6 Å². The molecule has 3 heterocycles. The maximum absolute atomic E-state index is 13.2. The van der Waals surface area contributed by atoms with Crippen LogP contribution in [0.25, 0.3) is 22.4 Å². The molecule has 0 aliphatic rings. The number of nitrogens with zero attached hydrogens (tertiary/aromatic N) is 2. The first-order chi connectivity index (χ1) is 13.2. The molecule has 3 rings (SSSR count). The number of ether oxygens (including phenoxy) is 1. The molecule has 0 bridgehead atoms. The minimum atomic E-state index is -1.14. The number of amides is 1. The van der Waals surface area contributed by atoms with Crippen LogP contribution in [0.4, 0.5) is 0 Å². The van der Waals surface area contributed by atoms with Gasteiger partial charge in [0.05, 0.1) is 29.4 Å². The van der Waals surface area contributed by atoms with Gasteiger partial charge in [-0.25, -0.2) is 9.78 Å². The Morgan fingerprint density at radius 1 is 1.29 bits per heavy atom. The third-order valence-electron chi connectivity index (χ3n) is 4.91. The van der Waals surface area contributed by atoms with Crippen molar-refractivity contribution in [3.8, 4) is 11.3 Å². The standard InChI is InChI=1S/C20H23N3O4S/c1-7-20(5,19(25)26-6)22-17(24)14-9-15(13-8-10(2)28-12(13)4)21-18-16(14)11(3)23-27-18/h8-9H,7H2,1-6H3,(H,22,24). The SMILES string of the molecule is CCC(C)(NC(=O)c1cc(-c2cc(C)sc2C)nc2onc(C)c12)C(=O)OC. The highest BCUT2D eigenvalue weighted by Gasteiger charge is 2.35. The molecule has 7 nitrogen and oxygen atoms in total. The molecule has 0 fully saturated rings. The molecule has 0 aliphatic heterocycles. The van der Waals surface area contributed by atoms with Crippen LogP contribution in [0.5, 0.6) is 0 Å². The first kappa shape index (κ1) is 20.0.